The fourth-order valence-corrected chi connectivity index (χ4v) is 1.93. The van der Waals surface area contributed by atoms with Crippen molar-refractivity contribution in [2.24, 2.45) is 5.73 Å². The molecule has 1 aromatic heterocycles. The average Bonchev–Trinajstić information content (AvgIpc) is 2.92. The van der Waals surface area contributed by atoms with Crippen LogP contribution in [0.1, 0.15) is 26.1 Å². The van der Waals surface area contributed by atoms with E-state index in [0.29, 0.717) is 12.2 Å². The zero-order valence-electron chi connectivity index (χ0n) is 11.9. The van der Waals surface area contributed by atoms with Crippen LogP contribution in [0.25, 0.3) is 11.5 Å². The maximum absolute atomic E-state index is 13.4. The van der Waals surface area contributed by atoms with Gasteiger partial charge in [-0.3, -0.25) is 0 Å². The number of hydrogen-bond acceptors (Lipinski definition) is 5. The average molecular weight is 314 g/mol. The fourth-order valence-electron chi connectivity index (χ4n) is 1.73. The molecule has 1 atom stereocenters. The predicted octanol–water partition coefficient (Wildman–Crippen LogP) is 3.13. The van der Waals surface area contributed by atoms with E-state index in [1.54, 1.807) is 13.0 Å². The summed E-state index contributed by atoms with van der Waals surface area (Å²) in [5, 5.41) is 3.78. The van der Waals surface area contributed by atoms with E-state index < -0.39 is 11.4 Å². The summed E-state index contributed by atoms with van der Waals surface area (Å²) in [5.41, 5.74) is 5.56. The van der Waals surface area contributed by atoms with Gasteiger partial charge in [0.1, 0.15) is 11.4 Å². The standard InChI is InChI=1S/C14H17ClFN3O2/c1-3-7-20-8-14(2,17)13-18-12(21-19-13)9-5-4-6-10(16)11(9)15/h4-6H,3,7-8,17H2,1-2H3. The molecule has 0 bridgehead atoms. The third-order valence-electron chi connectivity index (χ3n) is 2.87. The maximum Gasteiger partial charge on any atom is 0.259 e. The van der Waals surface area contributed by atoms with E-state index in [2.05, 4.69) is 10.1 Å². The number of aromatic nitrogens is 2. The Bertz CT molecular complexity index is 616. The van der Waals surface area contributed by atoms with Gasteiger partial charge in [0.25, 0.3) is 5.89 Å². The normalized spacial score (nSPS) is 14.1. The van der Waals surface area contributed by atoms with Crippen LogP contribution in [0.3, 0.4) is 0 Å². The monoisotopic (exact) mass is 313 g/mol. The van der Waals surface area contributed by atoms with Gasteiger partial charge < -0.3 is 15.0 Å². The highest BCUT2D eigenvalue weighted by atomic mass is 35.5. The lowest BCUT2D eigenvalue weighted by molar-refractivity contribution is 0.0867. The third-order valence-corrected chi connectivity index (χ3v) is 3.25. The lowest BCUT2D eigenvalue weighted by Gasteiger charge is -2.19. The van der Waals surface area contributed by atoms with Crippen molar-refractivity contribution in [3.63, 3.8) is 0 Å². The number of halogens is 2. The number of ether oxygens (including phenoxy) is 1. The first kappa shape index (κ1) is 15.9. The van der Waals surface area contributed by atoms with E-state index in [1.165, 1.54) is 12.1 Å². The Kier molecular flexibility index (Phi) is 4.92. The summed E-state index contributed by atoms with van der Waals surface area (Å²) in [4.78, 5) is 4.20. The quantitative estimate of drug-likeness (QED) is 0.829. The van der Waals surface area contributed by atoms with Gasteiger partial charge in [0, 0.05) is 6.61 Å². The van der Waals surface area contributed by atoms with Gasteiger partial charge in [-0.15, -0.1) is 0 Å². The van der Waals surface area contributed by atoms with Crippen LogP contribution in [0, 0.1) is 5.82 Å². The molecule has 0 radical (unpaired) electrons. The van der Waals surface area contributed by atoms with Crippen LogP contribution >= 0.6 is 11.6 Å². The number of nitrogens with zero attached hydrogens (tertiary/aromatic N) is 2. The van der Waals surface area contributed by atoms with Crippen LogP contribution in [0.2, 0.25) is 5.02 Å². The second-order valence-electron chi connectivity index (χ2n) is 4.99. The molecule has 1 unspecified atom stereocenters. The summed E-state index contributed by atoms with van der Waals surface area (Å²) in [7, 11) is 0. The number of hydrogen-bond donors (Lipinski definition) is 1. The molecule has 0 aliphatic carbocycles. The van der Waals surface area contributed by atoms with Crippen LogP contribution in [-0.2, 0) is 10.3 Å². The molecule has 0 saturated heterocycles. The molecule has 2 N–H and O–H groups in total. The zero-order valence-corrected chi connectivity index (χ0v) is 12.7. The van der Waals surface area contributed by atoms with Gasteiger partial charge in [0.2, 0.25) is 0 Å². The third kappa shape index (κ3) is 3.58. The molecule has 114 valence electrons. The Morgan fingerprint density at radius 1 is 1.48 bits per heavy atom. The SMILES string of the molecule is CCCOCC(C)(N)c1noc(-c2cccc(F)c2Cl)n1. The Labute approximate surface area is 127 Å². The summed E-state index contributed by atoms with van der Waals surface area (Å²) >= 11 is 5.89. The lowest BCUT2D eigenvalue weighted by atomic mass is 10.1. The number of rotatable bonds is 6. The smallest absolute Gasteiger partial charge is 0.259 e. The Hall–Kier alpha value is -1.50. The summed E-state index contributed by atoms with van der Waals surface area (Å²) in [6.45, 7) is 4.61. The van der Waals surface area contributed by atoms with Gasteiger partial charge in [0.05, 0.1) is 17.2 Å². The molecule has 21 heavy (non-hydrogen) atoms. The molecule has 0 amide bonds. The predicted molar refractivity (Wildman–Crippen MR) is 77.4 cm³/mol. The first-order valence-corrected chi connectivity index (χ1v) is 6.98. The number of nitrogens with two attached hydrogens (primary N) is 1. The van der Waals surface area contributed by atoms with E-state index in [4.69, 9.17) is 26.6 Å². The Balaban J connectivity index is 2.23. The van der Waals surface area contributed by atoms with Crippen molar-refractivity contribution in [2.45, 2.75) is 25.8 Å². The van der Waals surface area contributed by atoms with Gasteiger partial charge in [-0.25, -0.2) is 4.39 Å². The molecule has 2 aromatic rings. The van der Waals surface area contributed by atoms with Crippen LogP contribution in [-0.4, -0.2) is 23.4 Å². The summed E-state index contributed by atoms with van der Waals surface area (Å²) in [6.07, 6.45) is 0.895. The van der Waals surface area contributed by atoms with Crippen molar-refractivity contribution in [2.75, 3.05) is 13.2 Å². The van der Waals surface area contributed by atoms with E-state index in [9.17, 15) is 4.39 Å². The van der Waals surface area contributed by atoms with Gasteiger partial charge in [-0.1, -0.05) is 29.7 Å². The van der Waals surface area contributed by atoms with Gasteiger partial charge in [0.15, 0.2) is 5.82 Å². The van der Waals surface area contributed by atoms with E-state index in [0.717, 1.165) is 6.42 Å². The summed E-state index contributed by atoms with van der Waals surface area (Å²) in [6, 6.07) is 4.38. The lowest BCUT2D eigenvalue weighted by Crippen LogP contribution is -2.39. The highest BCUT2D eigenvalue weighted by Gasteiger charge is 2.28. The molecule has 2 rings (SSSR count). The summed E-state index contributed by atoms with van der Waals surface area (Å²) < 4.78 is 24.0. The van der Waals surface area contributed by atoms with Crippen molar-refractivity contribution in [3.05, 3.63) is 34.9 Å². The molecule has 1 aromatic carbocycles. The van der Waals surface area contributed by atoms with Gasteiger partial charge >= 0.3 is 0 Å². The molecule has 0 aliphatic rings. The fraction of sp³-hybridized carbons (Fsp3) is 0.429. The van der Waals surface area contributed by atoms with Crippen molar-refractivity contribution in [1.82, 2.24) is 10.1 Å². The van der Waals surface area contributed by atoms with Crippen LogP contribution < -0.4 is 5.73 Å². The highest BCUT2D eigenvalue weighted by molar-refractivity contribution is 6.33. The van der Waals surface area contributed by atoms with E-state index >= 15 is 0 Å². The first-order valence-electron chi connectivity index (χ1n) is 6.61. The highest BCUT2D eigenvalue weighted by Crippen LogP contribution is 2.29. The van der Waals surface area contributed by atoms with E-state index in [1.807, 2.05) is 6.92 Å². The molecule has 7 heteroatoms. The zero-order chi connectivity index (χ0) is 15.5. The Morgan fingerprint density at radius 3 is 2.95 bits per heavy atom. The van der Waals surface area contributed by atoms with Crippen LogP contribution in [0.15, 0.2) is 22.7 Å². The van der Waals surface area contributed by atoms with Crippen molar-refractivity contribution in [3.8, 4) is 11.5 Å². The second-order valence-corrected chi connectivity index (χ2v) is 5.37. The van der Waals surface area contributed by atoms with Gasteiger partial charge in [-0.05, 0) is 25.5 Å². The second kappa shape index (κ2) is 6.51. The summed E-state index contributed by atoms with van der Waals surface area (Å²) in [5.74, 6) is -0.133. The molecule has 1 heterocycles. The van der Waals surface area contributed by atoms with Crippen LogP contribution in [0.5, 0.6) is 0 Å². The van der Waals surface area contributed by atoms with Crippen molar-refractivity contribution >= 4 is 11.6 Å². The Morgan fingerprint density at radius 2 is 2.24 bits per heavy atom. The minimum Gasteiger partial charge on any atom is -0.379 e. The molecule has 0 fully saturated rings. The molecule has 0 saturated carbocycles. The molecular formula is C14H17ClFN3O2. The molecular weight excluding hydrogens is 297 g/mol. The maximum atomic E-state index is 13.4. The topological polar surface area (TPSA) is 74.2 Å². The largest absolute Gasteiger partial charge is 0.379 e. The van der Waals surface area contributed by atoms with Crippen molar-refractivity contribution < 1.29 is 13.7 Å². The first-order chi connectivity index (χ1) is 9.95. The molecule has 0 aliphatic heterocycles. The van der Waals surface area contributed by atoms with Gasteiger partial charge in [-0.2, -0.15) is 4.98 Å². The molecule has 0 spiro atoms. The minimum atomic E-state index is -0.892. The number of benzene rings is 1. The van der Waals surface area contributed by atoms with Crippen LogP contribution in [0.4, 0.5) is 4.39 Å². The van der Waals surface area contributed by atoms with E-state index in [-0.39, 0.29) is 23.3 Å². The molecule has 5 nitrogen and oxygen atoms in total. The van der Waals surface area contributed by atoms with Crippen molar-refractivity contribution in [1.29, 1.82) is 0 Å². The minimum absolute atomic E-state index is 0.0614.